The number of aromatic nitrogens is 3. The quantitative estimate of drug-likeness (QED) is 0.656. The minimum absolute atomic E-state index is 0.222. The molecule has 64 valence electrons. The van der Waals surface area contributed by atoms with Gasteiger partial charge in [-0.05, 0) is 24.4 Å². The molecule has 1 fully saturated rings. The van der Waals surface area contributed by atoms with Gasteiger partial charge in [-0.15, -0.1) is 5.10 Å². The Labute approximate surface area is 75.6 Å². The van der Waals surface area contributed by atoms with Crippen molar-refractivity contribution in [2.24, 2.45) is 0 Å². The Morgan fingerprint density at radius 2 is 2.08 bits per heavy atom. The van der Waals surface area contributed by atoms with Crippen molar-refractivity contribution in [3.63, 3.8) is 0 Å². The van der Waals surface area contributed by atoms with Gasteiger partial charge in [0.1, 0.15) is 0 Å². The molecule has 1 aromatic rings. The van der Waals surface area contributed by atoms with Gasteiger partial charge in [0.15, 0.2) is 5.82 Å². The largest absolute Gasteiger partial charge is 0.355 e. The van der Waals surface area contributed by atoms with E-state index < -0.39 is 0 Å². The monoisotopic (exact) mass is 184 g/mol. The lowest BCUT2D eigenvalue weighted by Crippen LogP contribution is -2.19. The molecule has 0 saturated carbocycles. The van der Waals surface area contributed by atoms with Crippen LogP contribution in [0.1, 0.15) is 12.8 Å². The molecule has 0 unspecified atom stereocenters. The number of anilines is 1. The van der Waals surface area contributed by atoms with E-state index in [0.29, 0.717) is 0 Å². The van der Waals surface area contributed by atoms with Crippen LogP contribution in [0.15, 0.2) is 6.20 Å². The van der Waals surface area contributed by atoms with Gasteiger partial charge in [-0.1, -0.05) is 0 Å². The molecule has 0 amide bonds. The van der Waals surface area contributed by atoms with E-state index in [1.165, 1.54) is 12.8 Å². The van der Waals surface area contributed by atoms with Gasteiger partial charge in [0.05, 0.1) is 6.20 Å². The molecule has 1 saturated heterocycles. The van der Waals surface area contributed by atoms with E-state index in [4.69, 9.17) is 11.6 Å². The lowest BCUT2D eigenvalue weighted by molar-refractivity contribution is 0.885. The Hall–Kier alpha value is -0.900. The van der Waals surface area contributed by atoms with Crippen molar-refractivity contribution >= 4 is 17.4 Å². The van der Waals surface area contributed by atoms with Crippen molar-refractivity contribution in [1.82, 2.24) is 15.2 Å². The lowest BCUT2D eigenvalue weighted by Gasteiger charge is -2.14. The van der Waals surface area contributed by atoms with E-state index in [9.17, 15) is 0 Å². The highest BCUT2D eigenvalue weighted by Crippen LogP contribution is 2.16. The first-order valence-corrected chi connectivity index (χ1v) is 4.34. The summed E-state index contributed by atoms with van der Waals surface area (Å²) in [5.74, 6) is 0.840. The van der Waals surface area contributed by atoms with Crippen LogP contribution in [-0.2, 0) is 0 Å². The van der Waals surface area contributed by atoms with Crippen LogP contribution in [-0.4, -0.2) is 28.3 Å². The molecule has 0 N–H and O–H groups in total. The average molecular weight is 185 g/mol. The SMILES string of the molecule is Clc1nncc(N2CCCC2)n1. The molecule has 1 aromatic heterocycles. The Bertz CT molecular complexity index is 272. The maximum atomic E-state index is 5.61. The number of halogens is 1. The lowest BCUT2D eigenvalue weighted by atomic mass is 10.4. The second kappa shape index (κ2) is 3.23. The number of rotatable bonds is 1. The van der Waals surface area contributed by atoms with Gasteiger partial charge in [-0.3, -0.25) is 0 Å². The van der Waals surface area contributed by atoms with Crippen molar-refractivity contribution in [2.45, 2.75) is 12.8 Å². The van der Waals surface area contributed by atoms with E-state index in [2.05, 4.69) is 20.1 Å². The van der Waals surface area contributed by atoms with E-state index >= 15 is 0 Å². The molecule has 0 atom stereocenters. The highest BCUT2D eigenvalue weighted by atomic mass is 35.5. The van der Waals surface area contributed by atoms with E-state index in [0.717, 1.165) is 18.9 Å². The smallest absolute Gasteiger partial charge is 0.244 e. The second-order valence-electron chi connectivity index (χ2n) is 2.78. The zero-order valence-electron chi connectivity index (χ0n) is 6.57. The molecule has 2 rings (SSSR count). The first-order chi connectivity index (χ1) is 5.86. The predicted molar refractivity (Wildman–Crippen MR) is 46.3 cm³/mol. The van der Waals surface area contributed by atoms with Crippen molar-refractivity contribution in [3.8, 4) is 0 Å². The van der Waals surface area contributed by atoms with Crippen LogP contribution >= 0.6 is 11.6 Å². The van der Waals surface area contributed by atoms with Crippen molar-refractivity contribution in [2.75, 3.05) is 18.0 Å². The third kappa shape index (κ3) is 1.48. The molecule has 0 aliphatic carbocycles. The zero-order chi connectivity index (χ0) is 8.39. The summed E-state index contributed by atoms with van der Waals surface area (Å²) in [7, 11) is 0. The van der Waals surface area contributed by atoms with Crippen LogP contribution in [0.2, 0.25) is 5.28 Å². The zero-order valence-corrected chi connectivity index (χ0v) is 7.33. The molecular formula is C7H9ClN4. The topological polar surface area (TPSA) is 41.9 Å². The summed E-state index contributed by atoms with van der Waals surface area (Å²) in [5, 5.41) is 7.55. The van der Waals surface area contributed by atoms with Crippen molar-refractivity contribution in [1.29, 1.82) is 0 Å². The summed E-state index contributed by atoms with van der Waals surface area (Å²) in [6.07, 6.45) is 4.10. The molecule has 0 bridgehead atoms. The van der Waals surface area contributed by atoms with Crippen LogP contribution < -0.4 is 4.90 Å². The van der Waals surface area contributed by atoms with Crippen LogP contribution in [0.5, 0.6) is 0 Å². The van der Waals surface area contributed by atoms with Crippen LogP contribution in [0.4, 0.5) is 5.82 Å². The maximum Gasteiger partial charge on any atom is 0.244 e. The van der Waals surface area contributed by atoms with Crippen molar-refractivity contribution in [3.05, 3.63) is 11.5 Å². The fraction of sp³-hybridized carbons (Fsp3) is 0.571. The Morgan fingerprint density at radius 1 is 1.33 bits per heavy atom. The van der Waals surface area contributed by atoms with Crippen molar-refractivity contribution < 1.29 is 0 Å². The molecule has 4 nitrogen and oxygen atoms in total. The summed E-state index contributed by atoms with van der Waals surface area (Å²) in [4.78, 5) is 6.24. The third-order valence-electron chi connectivity index (χ3n) is 1.95. The summed E-state index contributed by atoms with van der Waals surface area (Å²) in [6.45, 7) is 2.10. The van der Waals surface area contributed by atoms with Gasteiger partial charge in [-0.25, -0.2) is 0 Å². The second-order valence-corrected chi connectivity index (χ2v) is 3.12. The molecule has 0 aromatic carbocycles. The molecular weight excluding hydrogens is 176 g/mol. The Kier molecular flexibility index (Phi) is 2.08. The molecule has 0 radical (unpaired) electrons. The van der Waals surface area contributed by atoms with Gasteiger partial charge in [-0.2, -0.15) is 10.1 Å². The summed E-state index contributed by atoms with van der Waals surface area (Å²) in [6, 6.07) is 0. The highest BCUT2D eigenvalue weighted by Gasteiger charge is 2.13. The molecule has 1 aliphatic rings. The van der Waals surface area contributed by atoms with Gasteiger partial charge in [0, 0.05) is 13.1 Å². The number of hydrogen-bond donors (Lipinski definition) is 0. The normalized spacial score (nSPS) is 16.9. The first kappa shape index (κ1) is 7.73. The van der Waals surface area contributed by atoms with E-state index in [1.54, 1.807) is 6.20 Å². The third-order valence-corrected chi connectivity index (χ3v) is 2.11. The summed E-state index contributed by atoms with van der Waals surface area (Å²) < 4.78 is 0. The Balaban J connectivity index is 2.21. The van der Waals surface area contributed by atoms with Gasteiger partial charge in [0.2, 0.25) is 5.28 Å². The summed E-state index contributed by atoms with van der Waals surface area (Å²) >= 11 is 5.61. The fourth-order valence-electron chi connectivity index (χ4n) is 1.37. The van der Waals surface area contributed by atoms with Gasteiger partial charge in [0.25, 0.3) is 0 Å². The minimum Gasteiger partial charge on any atom is -0.355 e. The average Bonchev–Trinajstić information content (AvgIpc) is 2.56. The molecule has 0 spiro atoms. The fourth-order valence-corrected chi connectivity index (χ4v) is 1.50. The summed E-state index contributed by atoms with van der Waals surface area (Å²) in [5.41, 5.74) is 0. The van der Waals surface area contributed by atoms with Crippen LogP contribution in [0.25, 0.3) is 0 Å². The van der Waals surface area contributed by atoms with Crippen LogP contribution in [0, 0.1) is 0 Å². The van der Waals surface area contributed by atoms with E-state index in [-0.39, 0.29) is 5.28 Å². The maximum absolute atomic E-state index is 5.61. The molecule has 5 heteroatoms. The number of hydrogen-bond acceptors (Lipinski definition) is 4. The first-order valence-electron chi connectivity index (χ1n) is 3.96. The highest BCUT2D eigenvalue weighted by molar-refractivity contribution is 6.28. The number of nitrogens with zero attached hydrogens (tertiary/aromatic N) is 4. The molecule has 2 heterocycles. The standard InChI is InChI=1S/C7H9ClN4/c8-7-10-6(5-9-11-7)12-3-1-2-4-12/h5H,1-4H2. The van der Waals surface area contributed by atoms with Gasteiger partial charge < -0.3 is 4.90 Å². The van der Waals surface area contributed by atoms with E-state index in [1.807, 2.05) is 0 Å². The minimum atomic E-state index is 0.222. The molecule has 1 aliphatic heterocycles. The Morgan fingerprint density at radius 3 is 2.75 bits per heavy atom. The molecule has 12 heavy (non-hydrogen) atoms. The predicted octanol–water partition coefficient (Wildman–Crippen LogP) is 1.13. The van der Waals surface area contributed by atoms with Gasteiger partial charge >= 0.3 is 0 Å². The van der Waals surface area contributed by atoms with Crippen LogP contribution in [0.3, 0.4) is 0 Å².